The fourth-order valence-corrected chi connectivity index (χ4v) is 3.73. The maximum Gasteiger partial charge on any atom is 0.255 e. The number of carbonyl (C=O) groups is 1. The highest BCUT2D eigenvalue weighted by Gasteiger charge is 2.13. The molecule has 0 spiro atoms. The van der Waals surface area contributed by atoms with Crippen LogP contribution in [-0.4, -0.2) is 35.5 Å². The van der Waals surface area contributed by atoms with Crippen molar-refractivity contribution in [1.82, 2.24) is 15.1 Å². The first-order valence-corrected chi connectivity index (χ1v) is 11.5. The molecule has 3 aromatic carbocycles. The molecule has 0 aliphatic heterocycles. The minimum atomic E-state index is -0.170. The summed E-state index contributed by atoms with van der Waals surface area (Å²) in [4.78, 5) is 12.9. The van der Waals surface area contributed by atoms with Crippen molar-refractivity contribution in [1.29, 1.82) is 0 Å². The summed E-state index contributed by atoms with van der Waals surface area (Å²) >= 11 is 0. The van der Waals surface area contributed by atoms with E-state index in [2.05, 4.69) is 40.7 Å². The number of hydrogen-bond donors (Lipinski definition) is 1. The topological polar surface area (TPSA) is 65.4 Å². The third-order valence-electron chi connectivity index (χ3n) is 5.45. The van der Waals surface area contributed by atoms with E-state index in [1.165, 1.54) is 5.56 Å². The van der Waals surface area contributed by atoms with Crippen LogP contribution >= 0.6 is 0 Å². The molecule has 0 radical (unpaired) electrons. The van der Waals surface area contributed by atoms with Crippen LogP contribution in [0.25, 0.3) is 11.1 Å². The molecule has 174 valence electrons. The third-order valence-corrected chi connectivity index (χ3v) is 5.45. The highest BCUT2D eigenvalue weighted by atomic mass is 16.5. The molecule has 6 nitrogen and oxygen atoms in total. The fraction of sp³-hybridized carbons (Fsp3) is 0.214. The van der Waals surface area contributed by atoms with Gasteiger partial charge in [0.2, 0.25) is 0 Å². The normalized spacial score (nSPS) is 10.7. The molecule has 0 aliphatic carbocycles. The van der Waals surface area contributed by atoms with Crippen LogP contribution in [0.1, 0.15) is 28.4 Å². The number of benzene rings is 3. The Balaban J connectivity index is 1.42. The van der Waals surface area contributed by atoms with Crippen molar-refractivity contribution >= 4 is 5.91 Å². The quantitative estimate of drug-likeness (QED) is 0.325. The maximum atomic E-state index is 12.9. The molecule has 0 unspecified atom stereocenters. The summed E-state index contributed by atoms with van der Waals surface area (Å²) in [5.74, 6) is 0.386. The number of ether oxygens (including phenoxy) is 2. The lowest BCUT2D eigenvalue weighted by atomic mass is 9.98. The largest absolute Gasteiger partial charge is 0.490 e. The highest BCUT2D eigenvalue weighted by Crippen LogP contribution is 2.25. The summed E-state index contributed by atoms with van der Waals surface area (Å²) in [6, 6.07) is 25.8. The molecular formula is C28H29N3O3. The lowest BCUT2D eigenvalue weighted by molar-refractivity contribution is 0.0934. The van der Waals surface area contributed by atoms with Crippen molar-refractivity contribution < 1.29 is 14.3 Å². The highest BCUT2D eigenvalue weighted by molar-refractivity contribution is 5.97. The second kappa shape index (κ2) is 11.8. The standard InChI is InChI=1S/C28H29N3O3/c1-2-33-18-19-34-27-11-6-5-10-26(27)28(32)29-20-24-8-3-4-9-25(24)23-14-12-22(13-15-23)21-31-17-7-16-30-31/h3-17H,2,18-21H2,1H3,(H,29,32). The molecule has 6 heteroatoms. The van der Waals surface area contributed by atoms with Crippen LogP contribution in [0, 0.1) is 0 Å². The number of carbonyl (C=O) groups excluding carboxylic acids is 1. The summed E-state index contributed by atoms with van der Waals surface area (Å²) in [6.45, 7) is 4.61. The first kappa shape index (κ1) is 23.3. The molecule has 1 aromatic heterocycles. The fourth-order valence-electron chi connectivity index (χ4n) is 3.73. The van der Waals surface area contributed by atoms with E-state index < -0.39 is 0 Å². The Morgan fingerprint density at radius 1 is 0.941 bits per heavy atom. The van der Waals surface area contributed by atoms with Crippen molar-refractivity contribution in [3.05, 3.63) is 108 Å². The number of amides is 1. The van der Waals surface area contributed by atoms with Gasteiger partial charge in [0.1, 0.15) is 12.4 Å². The molecule has 1 amide bonds. The predicted octanol–water partition coefficient (Wildman–Crippen LogP) is 4.94. The average molecular weight is 456 g/mol. The summed E-state index contributed by atoms with van der Waals surface area (Å²) in [7, 11) is 0. The molecule has 0 bridgehead atoms. The molecule has 34 heavy (non-hydrogen) atoms. The first-order valence-electron chi connectivity index (χ1n) is 11.5. The Hall–Kier alpha value is -3.90. The molecule has 1 heterocycles. The number of nitrogens with zero attached hydrogens (tertiary/aromatic N) is 2. The van der Waals surface area contributed by atoms with Gasteiger partial charge in [-0.3, -0.25) is 9.48 Å². The predicted molar refractivity (Wildman–Crippen MR) is 133 cm³/mol. The average Bonchev–Trinajstić information content (AvgIpc) is 3.39. The summed E-state index contributed by atoms with van der Waals surface area (Å²) in [5.41, 5.74) is 4.94. The van der Waals surface area contributed by atoms with Gasteiger partial charge in [-0.2, -0.15) is 5.10 Å². The minimum absolute atomic E-state index is 0.170. The number of aromatic nitrogens is 2. The molecule has 4 aromatic rings. The maximum absolute atomic E-state index is 12.9. The number of rotatable bonds is 11. The molecule has 0 saturated carbocycles. The van der Waals surface area contributed by atoms with Gasteiger partial charge in [-0.25, -0.2) is 0 Å². The van der Waals surface area contributed by atoms with Crippen molar-refractivity contribution in [3.8, 4) is 16.9 Å². The summed E-state index contributed by atoms with van der Waals surface area (Å²) in [5, 5.41) is 7.31. The van der Waals surface area contributed by atoms with Crippen LogP contribution in [0.2, 0.25) is 0 Å². The second-order valence-electron chi connectivity index (χ2n) is 7.78. The number of para-hydroxylation sites is 1. The monoisotopic (exact) mass is 455 g/mol. The third kappa shape index (κ3) is 6.11. The Morgan fingerprint density at radius 3 is 2.53 bits per heavy atom. The van der Waals surface area contributed by atoms with Crippen LogP contribution in [-0.2, 0) is 17.8 Å². The Bertz CT molecular complexity index is 1190. The Labute approximate surface area is 200 Å². The molecule has 0 atom stereocenters. The number of hydrogen-bond acceptors (Lipinski definition) is 4. The van der Waals surface area contributed by atoms with Gasteiger partial charge < -0.3 is 14.8 Å². The van der Waals surface area contributed by atoms with Crippen LogP contribution in [0.4, 0.5) is 0 Å². The van der Waals surface area contributed by atoms with E-state index in [-0.39, 0.29) is 5.91 Å². The van der Waals surface area contributed by atoms with Crippen molar-refractivity contribution in [2.75, 3.05) is 19.8 Å². The van der Waals surface area contributed by atoms with Crippen LogP contribution in [0.5, 0.6) is 5.75 Å². The van der Waals surface area contributed by atoms with Gasteiger partial charge in [0.25, 0.3) is 5.91 Å². The second-order valence-corrected chi connectivity index (χ2v) is 7.78. The smallest absolute Gasteiger partial charge is 0.255 e. The van der Waals surface area contributed by atoms with E-state index in [0.29, 0.717) is 37.7 Å². The van der Waals surface area contributed by atoms with Crippen LogP contribution < -0.4 is 10.1 Å². The van der Waals surface area contributed by atoms with E-state index in [9.17, 15) is 4.79 Å². The van der Waals surface area contributed by atoms with Gasteiger partial charge >= 0.3 is 0 Å². The van der Waals surface area contributed by atoms with E-state index in [1.54, 1.807) is 18.3 Å². The van der Waals surface area contributed by atoms with E-state index in [0.717, 1.165) is 23.2 Å². The zero-order chi connectivity index (χ0) is 23.6. The van der Waals surface area contributed by atoms with Gasteiger partial charge in [0, 0.05) is 25.5 Å². The SMILES string of the molecule is CCOCCOc1ccccc1C(=O)NCc1ccccc1-c1ccc(Cn2cccn2)cc1. The summed E-state index contributed by atoms with van der Waals surface area (Å²) < 4.78 is 13.0. The van der Waals surface area contributed by atoms with Gasteiger partial charge in [-0.05, 0) is 47.4 Å². The van der Waals surface area contributed by atoms with Gasteiger partial charge in [0.15, 0.2) is 0 Å². The van der Waals surface area contributed by atoms with Gasteiger partial charge in [-0.1, -0.05) is 60.7 Å². The Morgan fingerprint density at radius 2 is 1.74 bits per heavy atom. The zero-order valence-corrected chi connectivity index (χ0v) is 19.3. The molecular weight excluding hydrogens is 426 g/mol. The number of nitrogens with one attached hydrogen (secondary N) is 1. The molecule has 0 fully saturated rings. The lowest BCUT2D eigenvalue weighted by Gasteiger charge is -2.14. The first-order chi connectivity index (χ1) is 16.7. The van der Waals surface area contributed by atoms with Crippen LogP contribution in [0.3, 0.4) is 0 Å². The zero-order valence-electron chi connectivity index (χ0n) is 19.3. The molecule has 0 aliphatic rings. The minimum Gasteiger partial charge on any atom is -0.490 e. The van der Waals surface area contributed by atoms with Gasteiger partial charge in [0.05, 0.1) is 18.7 Å². The van der Waals surface area contributed by atoms with Crippen LogP contribution in [0.15, 0.2) is 91.3 Å². The lowest BCUT2D eigenvalue weighted by Crippen LogP contribution is -2.24. The van der Waals surface area contributed by atoms with E-state index in [1.807, 2.05) is 54.2 Å². The van der Waals surface area contributed by atoms with E-state index >= 15 is 0 Å². The summed E-state index contributed by atoms with van der Waals surface area (Å²) in [6.07, 6.45) is 3.73. The molecule has 0 saturated heterocycles. The molecule has 4 rings (SSSR count). The van der Waals surface area contributed by atoms with Crippen molar-refractivity contribution in [3.63, 3.8) is 0 Å². The van der Waals surface area contributed by atoms with E-state index in [4.69, 9.17) is 9.47 Å². The van der Waals surface area contributed by atoms with Gasteiger partial charge in [-0.15, -0.1) is 0 Å². The Kier molecular flexibility index (Phi) is 8.08. The molecule has 1 N–H and O–H groups in total. The van der Waals surface area contributed by atoms with Crippen molar-refractivity contribution in [2.45, 2.75) is 20.0 Å². The van der Waals surface area contributed by atoms with Crippen molar-refractivity contribution in [2.24, 2.45) is 0 Å².